The Morgan fingerprint density at radius 2 is 2.12 bits per heavy atom. The van der Waals surface area contributed by atoms with Gasteiger partial charge in [-0.3, -0.25) is 4.79 Å². The Morgan fingerprint density at radius 1 is 1.38 bits per heavy atom. The topological polar surface area (TPSA) is 60.9 Å². The number of aromatic nitrogens is 2. The molecule has 0 fully saturated rings. The molecule has 2 aromatic rings. The van der Waals surface area contributed by atoms with Crippen LogP contribution in [-0.4, -0.2) is 9.66 Å². The SMILES string of the molecule is Nn1c([S-])nc2sc3c(c2c1=O)CCCC3. The Balaban J connectivity index is 2.45. The van der Waals surface area contributed by atoms with Crippen LogP contribution in [0.4, 0.5) is 0 Å². The average Bonchev–Trinajstić information content (AvgIpc) is 2.64. The molecular formula is C10H10N3OS2-. The van der Waals surface area contributed by atoms with Crippen molar-refractivity contribution in [1.29, 1.82) is 0 Å². The van der Waals surface area contributed by atoms with Gasteiger partial charge >= 0.3 is 0 Å². The molecule has 0 saturated heterocycles. The van der Waals surface area contributed by atoms with E-state index in [4.69, 9.17) is 18.5 Å². The Morgan fingerprint density at radius 3 is 2.94 bits per heavy atom. The number of hydrogen-bond donors (Lipinski definition) is 1. The highest BCUT2D eigenvalue weighted by Crippen LogP contribution is 2.33. The number of fused-ring (bicyclic) bond motifs is 3. The van der Waals surface area contributed by atoms with E-state index in [9.17, 15) is 4.79 Å². The van der Waals surface area contributed by atoms with Gasteiger partial charge in [0.2, 0.25) is 0 Å². The van der Waals surface area contributed by atoms with Crippen LogP contribution in [-0.2, 0) is 25.5 Å². The van der Waals surface area contributed by atoms with E-state index in [1.165, 1.54) is 11.3 Å². The molecule has 2 aromatic heterocycles. The molecule has 4 nitrogen and oxygen atoms in total. The minimum absolute atomic E-state index is 0.163. The number of nitrogens with two attached hydrogens (primary N) is 1. The van der Waals surface area contributed by atoms with Crippen molar-refractivity contribution in [3.8, 4) is 0 Å². The lowest BCUT2D eigenvalue weighted by Gasteiger charge is -2.12. The largest absolute Gasteiger partial charge is 0.740 e. The molecule has 0 aliphatic heterocycles. The summed E-state index contributed by atoms with van der Waals surface area (Å²) >= 11 is 6.53. The van der Waals surface area contributed by atoms with Crippen molar-refractivity contribution >= 4 is 34.2 Å². The second-order valence-electron chi connectivity index (χ2n) is 3.96. The molecule has 3 rings (SSSR count). The van der Waals surface area contributed by atoms with Gasteiger partial charge < -0.3 is 18.5 Å². The predicted molar refractivity (Wildman–Crippen MR) is 66.3 cm³/mol. The van der Waals surface area contributed by atoms with Crippen LogP contribution in [0.25, 0.3) is 10.2 Å². The van der Waals surface area contributed by atoms with E-state index in [1.807, 2.05) is 0 Å². The molecule has 0 bridgehead atoms. The summed E-state index contributed by atoms with van der Waals surface area (Å²) in [6.45, 7) is 0. The van der Waals surface area contributed by atoms with Crippen molar-refractivity contribution in [2.45, 2.75) is 30.8 Å². The number of aryl methyl sites for hydroxylation is 2. The summed E-state index contributed by atoms with van der Waals surface area (Å²) in [6, 6.07) is 0. The van der Waals surface area contributed by atoms with Gasteiger partial charge in [0, 0.05) is 10.0 Å². The zero-order valence-electron chi connectivity index (χ0n) is 8.52. The Hall–Kier alpha value is -1.14. The summed E-state index contributed by atoms with van der Waals surface area (Å²) in [5.41, 5.74) is 0.951. The van der Waals surface area contributed by atoms with Gasteiger partial charge in [0.15, 0.2) is 0 Å². The van der Waals surface area contributed by atoms with Crippen LogP contribution in [0.5, 0.6) is 0 Å². The van der Waals surface area contributed by atoms with E-state index in [0.717, 1.165) is 34.3 Å². The van der Waals surface area contributed by atoms with E-state index in [-0.39, 0.29) is 10.7 Å². The second-order valence-corrected chi connectivity index (χ2v) is 5.41. The summed E-state index contributed by atoms with van der Waals surface area (Å²) in [4.78, 5) is 18.3. The lowest BCUT2D eigenvalue weighted by atomic mass is 9.97. The molecule has 2 heterocycles. The standard InChI is InChI=1S/C10H11N3OS2/c11-13-9(14)7-5-3-1-2-4-6(5)16-8(7)12-10(13)15/h1-4,11H2,(H,12,15)/p-1. The van der Waals surface area contributed by atoms with Crippen LogP contribution in [0.3, 0.4) is 0 Å². The molecule has 0 amide bonds. The predicted octanol–water partition coefficient (Wildman–Crippen LogP) is 0.956. The molecule has 0 unspecified atom stereocenters. The molecule has 0 radical (unpaired) electrons. The van der Waals surface area contributed by atoms with Crippen molar-refractivity contribution in [3.63, 3.8) is 0 Å². The van der Waals surface area contributed by atoms with Crippen LogP contribution in [0.2, 0.25) is 0 Å². The lowest BCUT2D eigenvalue weighted by Crippen LogP contribution is -2.30. The number of rotatable bonds is 0. The highest BCUT2D eigenvalue weighted by Gasteiger charge is 2.19. The molecule has 0 saturated carbocycles. The zero-order valence-corrected chi connectivity index (χ0v) is 10.2. The molecule has 84 valence electrons. The van der Waals surface area contributed by atoms with Gasteiger partial charge in [0.25, 0.3) is 5.56 Å². The third-order valence-electron chi connectivity index (χ3n) is 2.99. The quantitative estimate of drug-likeness (QED) is 0.431. The fraction of sp³-hybridized carbons (Fsp3) is 0.400. The van der Waals surface area contributed by atoms with E-state index < -0.39 is 0 Å². The molecule has 1 aliphatic rings. The zero-order chi connectivity index (χ0) is 11.3. The van der Waals surface area contributed by atoms with Crippen molar-refractivity contribution in [3.05, 3.63) is 20.8 Å². The molecule has 16 heavy (non-hydrogen) atoms. The maximum absolute atomic E-state index is 12.0. The van der Waals surface area contributed by atoms with Crippen molar-refractivity contribution in [2.24, 2.45) is 0 Å². The van der Waals surface area contributed by atoms with Gasteiger partial charge in [-0.15, -0.1) is 11.3 Å². The van der Waals surface area contributed by atoms with Crippen LogP contribution < -0.4 is 11.4 Å². The highest BCUT2D eigenvalue weighted by atomic mass is 32.1. The molecule has 0 atom stereocenters. The van der Waals surface area contributed by atoms with Crippen molar-refractivity contribution in [2.75, 3.05) is 5.84 Å². The second kappa shape index (κ2) is 3.43. The first-order valence-electron chi connectivity index (χ1n) is 5.18. The summed E-state index contributed by atoms with van der Waals surface area (Å²) in [7, 11) is 0. The number of nitrogens with zero attached hydrogens (tertiary/aromatic N) is 2. The first-order valence-corrected chi connectivity index (χ1v) is 6.40. The summed E-state index contributed by atoms with van der Waals surface area (Å²) in [5, 5.41) is 0.854. The number of thiophene rings is 1. The maximum Gasteiger partial charge on any atom is 0.279 e. The Kier molecular flexibility index (Phi) is 2.15. The smallest absolute Gasteiger partial charge is 0.279 e. The normalized spacial score (nSPS) is 15.2. The van der Waals surface area contributed by atoms with E-state index in [0.29, 0.717) is 5.39 Å². The molecular weight excluding hydrogens is 242 g/mol. The summed E-state index contributed by atoms with van der Waals surface area (Å²) < 4.78 is 0.972. The van der Waals surface area contributed by atoms with E-state index in [2.05, 4.69) is 4.98 Å². The summed E-state index contributed by atoms with van der Waals surface area (Å²) in [5.74, 6) is 5.58. The minimum Gasteiger partial charge on any atom is -0.740 e. The molecule has 0 aromatic carbocycles. The number of nitrogen functional groups attached to an aromatic ring is 1. The van der Waals surface area contributed by atoms with Gasteiger partial charge in [-0.1, -0.05) is 0 Å². The maximum atomic E-state index is 12.0. The van der Waals surface area contributed by atoms with Crippen LogP contribution in [0, 0.1) is 0 Å². The monoisotopic (exact) mass is 252 g/mol. The fourth-order valence-corrected chi connectivity index (χ4v) is 3.68. The van der Waals surface area contributed by atoms with Gasteiger partial charge in [-0.25, -0.2) is 9.66 Å². The van der Waals surface area contributed by atoms with Crippen molar-refractivity contribution < 1.29 is 0 Å². The third-order valence-corrected chi connectivity index (χ3v) is 4.46. The first kappa shape index (κ1) is 10.0. The summed E-state index contributed by atoms with van der Waals surface area (Å²) in [6.07, 6.45) is 4.34. The number of hydrogen-bond acceptors (Lipinski definition) is 5. The van der Waals surface area contributed by atoms with Crippen LogP contribution in [0.15, 0.2) is 9.95 Å². The van der Waals surface area contributed by atoms with E-state index >= 15 is 0 Å². The molecule has 1 aliphatic carbocycles. The molecule has 6 heteroatoms. The van der Waals surface area contributed by atoms with Gasteiger partial charge in [0.05, 0.1) is 5.39 Å². The van der Waals surface area contributed by atoms with Crippen molar-refractivity contribution in [1.82, 2.24) is 9.66 Å². The lowest BCUT2D eigenvalue weighted by molar-refractivity contribution is 0.698. The Labute approximate surface area is 101 Å². The third kappa shape index (κ3) is 1.26. The van der Waals surface area contributed by atoms with Gasteiger partial charge in [-0.05, 0) is 31.2 Å². The molecule has 0 spiro atoms. The van der Waals surface area contributed by atoms with Gasteiger partial charge in [0.1, 0.15) is 4.83 Å². The van der Waals surface area contributed by atoms with Crippen LogP contribution in [0.1, 0.15) is 23.3 Å². The fourth-order valence-electron chi connectivity index (χ4n) is 2.20. The highest BCUT2D eigenvalue weighted by molar-refractivity contribution is 7.58. The molecule has 2 N–H and O–H groups in total. The van der Waals surface area contributed by atoms with Crippen LogP contribution >= 0.6 is 11.3 Å². The van der Waals surface area contributed by atoms with E-state index in [1.54, 1.807) is 11.3 Å². The Bertz CT molecular complexity index is 629. The van der Waals surface area contributed by atoms with Gasteiger partial charge in [-0.2, -0.15) is 0 Å². The average molecular weight is 252 g/mol. The minimum atomic E-state index is -0.200. The first-order chi connectivity index (χ1) is 7.68.